The summed E-state index contributed by atoms with van der Waals surface area (Å²) in [5, 5.41) is 0. The molecule has 0 amide bonds. The van der Waals surface area contributed by atoms with Gasteiger partial charge in [0.15, 0.2) is 0 Å². The molecule has 0 nitrogen and oxygen atoms in total. The van der Waals surface area contributed by atoms with Gasteiger partial charge >= 0.3 is 46.1 Å². The molecule has 0 saturated heterocycles. The molecule has 0 rings (SSSR count). The van der Waals surface area contributed by atoms with Crippen LogP contribution in [-0.4, -0.2) is 103 Å². The maximum Gasteiger partial charge on any atom is 2.00 e. The zero-order valence-electron chi connectivity index (χ0n) is 7.87. The Kier molecular flexibility index (Phi) is 604. The van der Waals surface area contributed by atoms with Crippen molar-refractivity contribution in [2.24, 2.45) is 0 Å². The summed E-state index contributed by atoms with van der Waals surface area (Å²) < 4.78 is 0. The van der Waals surface area contributed by atoms with Crippen LogP contribution >= 0.6 is 0 Å². The van der Waals surface area contributed by atoms with Crippen LogP contribution in [0.5, 0.6) is 0 Å². The fraction of sp³-hybridized carbons (Fsp3) is 0. The predicted octanol–water partition coefficient (Wildman–Crippen LogP) is -1.84. The second-order valence-corrected chi connectivity index (χ2v) is 0. The maximum absolute atomic E-state index is 0. The Hall–Kier alpha value is 3.55. The summed E-state index contributed by atoms with van der Waals surface area (Å²) in [6.45, 7) is 0. The molecule has 0 aromatic carbocycles. The minimum atomic E-state index is 0. The standard InChI is InChI=1S/2Al.Cu.2Mg.2Si.4H/q;;;2*+2;;;4*-1. The summed E-state index contributed by atoms with van der Waals surface area (Å²) in [4.78, 5) is 0. The molecule has 33 valence electrons. The average molecular weight is 226 g/mol. The summed E-state index contributed by atoms with van der Waals surface area (Å²) >= 11 is 0. The molecule has 0 bridgehead atoms. The molecular weight excluding hydrogens is 222 g/mol. The average Bonchev–Trinajstić information content (AvgIpc) is 0. The van der Waals surface area contributed by atoms with E-state index in [4.69, 9.17) is 0 Å². The van der Waals surface area contributed by atoms with Crippen molar-refractivity contribution in [3.05, 3.63) is 0 Å². The summed E-state index contributed by atoms with van der Waals surface area (Å²) in [7, 11) is 0. The summed E-state index contributed by atoms with van der Waals surface area (Å²) in [6.07, 6.45) is 0. The number of hydrogen-bond acceptors (Lipinski definition) is 0. The van der Waals surface area contributed by atoms with Crippen LogP contribution in [0.4, 0.5) is 0 Å². The van der Waals surface area contributed by atoms with Gasteiger partial charge in [-0.1, -0.05) is 0 Å². The van der Waals surface area contributed by atoms with Gasteiger partial charge in [-0.15, -0.1) is 0 Å². The Morgan fingerprint density at radius 2 is 0.714 bits per heavy atom. The molecule has 0 saturated carbocycles. The molecule has 0 spiro atoms. The van der Waals surface area contributed by atoms with Crippen molar-refractivity contribution < 1.29 is 22.8 Å². The molecule has 0 atom stereocenters. The third-order valence-corrected chi connectivity index (χ3v) is 0. The molecule has 0 fully saturated rings. The van der Waals surface area contributed by atoms with Gasteiger partial charge in [-0.3, -0.25) is 0 Å². The van der Waals surface area contributed by atoms with E-state index in [0.717, 1.165) is 0 Å². The van der Waals surface area contributed by atoms with Crippen LogP contribution in [0.2, 0.25) is 0 Å². The van der Waals surface area contributed by atoms with E-state index in [1.807, 2.05) is 0 Å². The smallest absolute Gasteiger partial charge is 1.00 e. The van der Waals surface area contributed by atoms with Crippen LogP contribution in [0, 0.1) is 0 Å². The van der Waals surface area contributed by atoms with Gasteiger partial charge in [-0.2, -0.15) is 0 Å². The third kappa shape index (κ3) is 43.2. The van der Waals surface area contributed by atoms with Crippen molar-refractivity contribution in [3.8, 4) is 0 Å². The molecule has 0 unspecified atom stereocenters. The van der Waals surface area contributed by atoms with Crippen molar-refractivity contribution in [2.75, 3.05) is 0 Å². The van der Waals surface area contributed by atoms with E-state index >= 15 is 0 Å². The van der Waals surface area contributed by atoms with Crippen LogP contribution in [0.1, 0.15) is 5.71 Å². The summed E-state index contributed by atoms with van der Waals surface area (Å²) in [5.74, 6) is 0. The first-order chi connectivity index (χ1) is 0. The SMILES string of the molecule is [Al].[Al].[Cu].[H-].[H-].[H-].[H-].[Mg+2].[Mg+2].[Si].[Si]. The van der Waals surface area contributed by atoms with Crippen LogP contribution in [0.25, 0.3) is 0 Å². The molecule has 15 radical (unpaired) electrons. The Morgan fingerprint density at radius 1 is 0.714 bits per heavy atom. The molecule has 0 heterocycles. The van der Waals surface area contributed by atoms with Gasteiger partial charge in [0.2, 0.25) is 0 Å². The zero-order valence-corrected chi connectivity index (χ0v) is 11.9. The summed E-state index contributed by atoms with van der Waals surface area (Å²) in [6, 6.07) is 0. The molecule has 0 aromatic heterocycles. The third-order valence-electron chi connectivity index (χ3n) is 0. The molecule has 0 aliphatic carbocycles. The van der Waals surface area contributed by atoms with E-state index < -0.39 is 0 Å². The van der Waals surface area contributed by atoms with E-state index in [1.165, 1.54) is 0 Å². The fourth-order valence-corrected chi connectivity index (χ4v) is 0. The van der Waals surface area contributed by atoms with Crippen molar-refractivity contribution >= 4 is 103 Å². The van der Waals surface area contributed by atoms with Crippen LogP contribution in [0.15, 0.2) is 0 Å². The van der Waals surface area contributed by atoms with E-state index in [9.17, 15) is 0 Å². The Balaban J connectivity index is 0. The van der Waals surface area contributed by atoms with Gasteiger partial charge in [0.25, 0.3) is 0 Å². The zero-order chi connectivity index (χ0) is 0. The Morgan fingerprint density at radius 3 is 0.714 bits per heavy atom. The largest absolute Gasteiger partial charge is 2.00 e. The first-order valence-electron chi connectivity index (χ1n) is 0. The van der Waals surface area contributed by atoms with E-state index in [1.54, 1.807) is 0 Å². The second-order valence-electron chi connectivity index (χ2n) is 0. The van der Waals surface area contributed by atoms with Gasteiger partial charge < -0.3 is 5.71 Å². The van der Waals surface area contributed by atoms with Crippen molar-refractivity contribution in [1.82, 2.24) is 0 Å². The van der Waals surface area contributed by atoms with Crippen molar-refractivity contribution in [3.63, 3.8) is 0 Å². The molecule has 0 aliphatic heterocycles. The molecule has 0 N–H and O–H groups in total. The van der Waals surface area contributed by atoms with Gasteiger partial charge in [0, 0.05) is 73.7 Å². The second kappa shape index (κ2) is 55.4. The Bertz CT molecular complexity index is 24.1. The fourth-order valence-electron chi connectivity index (χ4n) is 0. The summed E-state index contributed by atoms with van der Waals surface area (Å²) in [5.41, 5.74) is 0. The minimum absolute atomic E-state index is 0. The number of rotatable bonds is 0. The van der Waals surface area contributed by atoms with Crippen LogP contribution < -0.4 is 0 Å². The van der Waals surface area contributed by atoms with E-state index in [2.05, 4.69) is 0 Å². The van der Waals surface area contributed by atoms with Crippen molar-refractivity contribution in [1.29, 1.82) is 0 Å². The molecule has 0 aliphatic rings. The number of hydrogen-bond donors (Lipinski definition) is 0. The first-order valence-corrected chi connectivity index (χ1v) is 0. The quantitative estimate of drug-likeness (QED) is 0.426. The Labute approximate surface area is 124 Å². The molecule has 7 heavy (non-hydrogen) atoms. The monoisotopic (exact) mass is 225 g/mol. The maximum atomic E-state index is 0. The first kappa shape index (κ1) is 76.3. The van der Waals surface area contributed by atoms with Gasteiger partial charge in [-0.25, -0.2) is 0 Å². The minimum Gasteiger partial charge on any atom is -1.00 e. The van der Waals surface area contributed by atoms with Crippen LogP contribution in [0.3, 0.4) is 0 Å². The van der Waals surface area contributed by atoms with E-state index in [-0.39, 0.29) is 126 Å². The topological polar surface area (TPSA) is 0 Å². The van der Waals surface area contributed by atoms with Crippen LogP contribution in [-0.2, 0) is 17.1 Å². The normalized spacial score (nSPS) is 0. The molecular formula is H4Al2CuMg2Si2. The van der Waals surface area contributed by atoms with Gasteiger partial charge in [-0.05, 0) is 0 Å². The van der Waals surface area contributed by atoms with Crippen molar-refractivity contribution in [2.45, 2.75) is 0 Å². The molecule has 0 aromatic rings. The molecule has 7 heteroatoms. The van der Waals surface area contributed by atoms with Gasteiger partial charge in [0.1, 0.15) is 0 Å². The predicted molar refractivity (Wildman–Crippen MR) is 39.0 cm³/mol. The van der Waals surface area contributed by atoms with Gasteiger partial charge in [0.05, 0.1) is 0 Å². The van der Waals surface area contributed by atoms with E-state index in [0.29, 0.717) is 0 Å².